The number of nitrogens with one attached hydrogen (secondary N) is 1. The van der Waals surface area contributed by atoms with Crippen molar-refractivity contribution in [3.05, 3.63) is 95.1 Å². The summed E-state index contributed by atoms with van der Waals surface area (Å²) in [5.41, 5.74) is 6.51. The summed E-state index contributed by atoms with van der Waals surface area (Å²) >= 11 is 0. The van der Waals surface area contributed by atoms with Crippen LogP contribution in [0.2, 0.25) is 0 Å². The van der Waals surface area contributed by atoms with Crippen LogP contribution in [-0.4, -0.2) is 53.0 Å². The lowest BCUT2D eigenvalue weighted by Crippen LogP contribution is -2.81. The van der Waals surface area contributed by atoms with E-state index < -0.39 is 0 Å². The Bertz CT molecular complexity index is 1570. The number of hydrogen-bond acceptors (Lipinski definition) is 8. The van der Waals surface area contributed by atoms with Crippen LogP contribution in [0.25, 0.3) is 22.8 Å². The highest BCUT2D eigenvalue weighted by atomic mass is 16.5. The molecule has 0 atom stereocenters. The normalized spacial score (nSPS) is 12.6. The number of benzene rings is 3. The first-order valence-corrected chi connectivity index (χ1v) is 11.9. The van der Waals surface area contributed by atoms with Gasteiger partial charge in [-0.3, -0.25) is 14.7 Å². The van der Waals surface area contributed by atoms with Gasteiger partial charge in [-0.1, -0.05) is 65.8 Å². The van der Waals surface area contributed by atoms with Crippen molar-refractivity contribution in [1.82, 2.24) is 15.2 Å². The molecule has 4 aromatic rings. The third kappa shape index (κ3) is 5.25. The number of aromatic amines is 1. The number of quaternary nitrogens is 1. The highest BCUT2D eigenvalue weighted by Gasteiger charge is 2.23. The van der Waals surface area contributed by atoms with Gasteiger partial charge in [-0.05, 0) is 23.3 Å². The van der Waals surface area contributed by atoms with Crippen LogP contribution in [0, 0.1) is 0 Å². The molecule has 38 heavy (non-hydrogen) atoms. The molecule has 10 nitrogen and oxygen atoms in total. The van der Waals surface area contributed by atoms with Crippen LogP contribution in [0.4, 0.5) is 0 Å². The number of methoxy groups -OCH3 is 2. The predicted molar refractivity (Wildman–Crippen MR) is 140 cm³/mol. The summed E-state index contributed by atoms with van der Waals surface area (Å²) in [5, 5.41) is 11.9. The van der Waals surface area contributed by atoms with Gasteiger partial charge in [0.05, 0.1) is 32.6 Å². The van der Waals surface area contributed by atoms with Gasteiger partial charge in [-0.25, -0.2) is 4.98 Å². The number of amidine groups is 2. The minimum atomic E-state index is -0.327. The number of ether oxygens (including phenoxy) is 2. The molecule has 190 valence electrons. The van der Waals surface area contributed by atoms with Crippen molar-refractivity contribution in [3.8, 4) is 22.8 Å². The number of aliphatic imine (C=N–C) groups is 1. The monoisotopic (exact) mass is 509 g/mol. The van der Waals surface area contributed by atoms with E-state index in [4.69, 9.17) is 14.5 Å². The van der Waals surface area contributed by atoms with Crippen molar-refractivity contribution in [3.63, 3.8) is 0 Å². The molecule has 0 amide bonds. The maximum Gasteiger partial charge on any atom is 0.310 e. The van der Waals surface area contributed by atoms with Gasteiger partial charge < -0.3 is 9.47 Å². The zero-order valence-electron chi connectivity index (χ0n) is 20.8. The number of rotatable bonds is 8. The van der Waals surface area contributed by atoms with Crippen molar-refractivity contribution < 1.29 is 24.5 Å². The van der Waals surface area contributed by atoms with E-state index >= 15 is 0 Å². The molecule has 0 unspecified atom stereocenters. The molecule has 0 saturated heterocycles. The van der Waals surface area contributed by atoms with Gasteiger partial charge in [-0.15, -0.1) is 0 Å². The molecule has 1 aromatic heterocycles. The first-order valence-electron chi connectivity index (χ1n) is 11.9. The maximum absolute atomic E-state index is 11.8. The first kappa shape index (κ1) is 24.7. The van der Waals surface area contributed by atoms with E-state index in [-0.39, 0.29) is 24.8 Å². The van der Waals surface area contributed by atoms with Gasteiger partial charge in [0.2, 0.25) is 5.84 Å². The number of aromatic nitrogens is 3. The molecule has 0 aliphatic carbocycles. The van der Waals surface area contributed by atoms with Gasteiger partial charge in [0.1, 0.15) is 0 Å². The van der Waals surface area contributed by atoms with Crippen LogP contribution in [0.15, 0.2) is 82.9 Å². The van der Waals surface area contributed by atoms with Gasteiger partial charge >= 0.3 is 11.9 Å². The van der Waals surface area contributed by atoms with Crippen LogP contribution >= 0.6 is 0 Å². The zero-order valence-corrected chi connectivity index (χ0v) is 20.8. The lowest BCUT2D eigenvalue weighted by molar-refractivity contribution is -0.540. The molecule has 0 bridgehead atoms. The molecule has 0 radical (unpaired) electrons. The molecule has 0 fully saturated rings. The zero-order chi connectivity index (χ0) is 26.5. The van der Waals surface area contributed by atoms with E-state index in [0.717, 1.165) is 33.4 Å². The molecule has 0 spiro atoms. The van der Waals surface area contributed by atoms with Crippen LogP contribution in [0.3, 0.4) is 0 Å². The summed E-state index contributed by atoms with van der Waals surface area (Å²) in [6.45, 7) is 0. The molecule has 0 saturated carbocycles. The van der Waals surface area contributed by atoms with E-state index in [9.17, 15) is 9.59 Å². The Balaban J connectivity index is 1.40. The highest BCUT2D eigenvalue weighted by molar-refractivity contribution is 6.11. The summed E-state index contributed by atoms with van der Waals surface area (Å²) in [4.78, 5) is 33.1. The van der Waals surface area contributed by atoms with Gasteiger partial charge in [-0.2, -0.15) is 15.5 Å². The summed E-state index contributed by atoms with van der Waals surface area (Å²) < 4.78 is 9.64. The van der Waals surface area contributed by atoms with Gasteiger partial charge in [0.15, 0.2) is 11.6 Å². The second-order valence-electron chi connectivity index (χ2n) is 8.49. The van der Waals surface area contributed by atoms with E-state index in [1.807, 2.05) is 72.8 Å². The molecule has 5 rings (SSSR count). The Kier molecular flexibility index (Phi) is 7.14. The van der Waals surface area contributed by atoms with Gasteiger partial charge in [0.25, 0.3) is 5.84 Å². The van der Waals surface area contributed by atoms with Crippen LogP contribution < -0.4 is 5.43 Å². The Hall–Kier alpha value is -4.96. The fraction of sp³-hybridized carbons (Fsp3) is 0.143. The van der Waals surface area contributed by atoms with Crippen molar-refractivity contribution in [2.45, 2.75) is 12.8 Å². The van der Waals surface area contributed by atoms with Crippen LogP contribution in [0.5, 0.6) is 0 Å². The van der Waals surface area contributed by atoms with E-state index in [0.29, 0.717) is 23.3 Å². The SMILES string of the molecule is COC(=O)Cc1ccccc1C1=NC(c2cccc(-c3n[nH]c(-c4ccccc4CC(=O)OC)n3)c2)=N[NH2+]1. The molecular formula is C28H25N6O4+. The number of esters is 2. The van der Waals surface area contributed by atoms with E-state index in [1.165, 1.54) is 14.2 Å². The summed E-state index contributed by atoms with van der Waals surface area (Å²) in [5.74, 6) is 1.64. The number of H-pyrrole nitrogens is 1. The number of carbonyl (C=O) groups excluding carboxylic acids is 2. The first-order chi connectivity index (χ1) is 18.6. The highest BCUT2D eigenvalue weighted by Crippen LogP contribution is 2.25. The smallest absolute Gasteiger partial charge is 0.310 e. The fourth-order valence-corrected chi connectivity index (χ4v) is 4.16. The number of carbonyl (C=O) groups is 2. The molecule has 10 heteroatoms. The van der Waals surface area contributed by atoms with Crippen LogP contribution in [-0.2, 0) is 31.9 Å². The summed E-state index contributed by atoms with van der Waals surface area (Å²) in [6.07, 6.45) is 0.290. The van der Waals surface area contributed by atoms with E-state index in [2.05, 4.69) is 20.3 Å². The maximum atomic E-state index is 11.8. The largest absolute Gasteiger partial charge is 0.469 e. The third-order valence-corrected chi connectivity index (χ3v) is 6.09. The second kappa shape index (κ2) is 11.0. The molecule has 2 heterocycles. The average molecular weight is 510 g/mol. The minimum Gasteiger partial charge on any atom is -0.469 e. The quantitative estimate of drug-likeness (QED) is 0.276. The molecule has 3 aromatic carbocycles. The number of hydrogen-bond donors (Lipinski definition) is 2. The average Bonchev–Trinajstić information content (AvgIpc) is 3.64. The van der Waals surface area contributed by atoms with Crippen molar-refractivity contribution in [2.24, 2.45) is 10.1 Å². The number of nitrogens with two attached hydrogens (primary N) is 1. The van der Waals surface area contributed by atoms with Crippen molar-refractivity contribution in [1.29, 1.82) is 0 Å². The fourth-order valence-electron chi connectivity index (χ4n) is 4.16. The Morgan fingerprint density at radius 3 is 2.16 bits per heavy atom. The van der Waals surface area contributed by atoms with E-state index in [1.54, 1.807) is 5.43 Å². The Morgan fingerprint density at radius 2 is 1.45 bits per heavy atom. The standard InChI is InChI=1S/C28H24N6O4/c1-37-23(35)15-17-8-3-5-12-21(17)27-29-25(31-33-27)19-10-7-11-20(14-19)26-30-28(34-32-26)22-13-6-4-9-18(22)16-24(36)38-2/h3-14H,15-16H2,1-2H3,(H,29,31,33)(H,30,32,34)/p+1. The molecule has 1 aliphatic rings. The second-order valence-corrected chi connectivity index (χ2v) is 8.49. The van der Waals surface area contributed by atoms with Crippen molar-refractivity contribution >= 4 is 23.6 Å². The topological polar surface area (TPSA) is 136 Å². The minimum absolute atomic E-state index is 0.137. The molecule has 1 aliphatic heterocycles. The lowest BCUT2D eigenvalue weighted by atomic mass is 10.0. The predicted octanol–water partition coefficient (Wildman–Crippen LogP) is 2.26. The van der Waals surface area contributed by atoms with Gasteiger partial charge in [0, 0.05) is 16.7 Å². The van der Waals surface area contributed by atoms with Crippen LogP contribution in [0.1, 0.15) is 22.3 Å². The summed E-state index contributed by atoms with van der Waals surface area (Å²) in [7, 11) is 2.74. The van der Waals surface area contributed by atoms with Crippen molar-refractivity contribution in [2.75, 3.05) is 14.2 Å². The Morgan fingerprint density at radius 1 is 0.816 bits per heavy atom. The molecular weight excluding hydrogens is 484 g/mol. The third-order valence-electron chi connectivity index (χ3n) is 6.09. The molecule has 3 N–H and O–H groups in total. The summed E-state index contributed by atoms with van der Waals surface area (Å²) in [6, 6.07) is 22.7. The Labute approximate surface area is 218 Å². The number of nitrogens with zero attached hydrogens (tertiary/aromatic N) is 4. The lowest BCUT2D eigenvalue weighted by Gasteiger charge is -2.05.